The first kappa shape index (κ1) is 50.8. The zero-order valence-corrected chi connectivity index (χ0v) is 36.8. The van der Waals surface area contributed by atoms with Crippen molar-refractivity contribution in [3.8, 4) is 11.5 Å². The van der Waals surface area contributed by atoms with E-state index in [0.717, 1.165) is 29.0 Å². The van der Waals surface area contributed by atoms with Crippen molar-refractivity contribution in [3.63, 3.8) is 0 Å². The van der Waals surface area contributed by atoms with E-state index in [1.807, 2.05) is 0 Å². The average molecular weight is 958 g/mol. The number of phosphoric ester groups is 3. The van der Waals surface area contributed by atoms with Gasteiger partial charge in [-0.1, -0.05) is 37.8 Å². The highest BCUT2D eigenvalue weighted by atomic mass is 32.2. The SMILES string of the molecule is COc1ccc(C=CC(=O)SCCNC(=O)CCNC(=O)[C@H](O)C(C)(C)COP(=O)(O)OP(=O)(O)OC[C@H]2O[C@@H](n3cnc4c(N)ncnc43)[C@H](O)[C@@H]2OP(=O)(O)O)cc1OC. The Bertz CT molecular complexity index is 2240. The number of carbonyl (C=O) groups excluding carboxylic acids is 3. The van der Waals surface area contributed by atoms with Gasteiger partial charge >= 0.3 is 23.5 Å². The molecular formula is C32H46N7O19P3S. The fraction of sp³-hybridized carbons (Fsp3) is 0.500. The molecule has 10 N–H and O–H groups in total. The Hall–Kier alpha value is -3.88. The van der Waals surface area contributed by atoms with E-state index in [2.05, 4.69) is 34.4 Å². The van der Waals surface area contributed by atoms with Crippen LogP contribution in [0.2, 0.25) is 0 Å². The van der Waals surface area contributed by atoms with E-state index in [1.165, 1.54) is 34.1 Å². The number of methoxy groups -OCH3 is 2. The van der Waals surface area contributed by atoms with Crippen LogP contribution >= 0.6 is 35.2 Å². The van der Waals surface area contributed by atoms with Gasteiger partial charge in [0.05, 0.1) is 33.8 Å². The summed E-state index contributed by atoms with van der Waals surface area (Å²) in [5.74, 6) is -0.227. The van der Waals surface area contributed by atoms with Gasteiger partial charge in [0.1, 0.15) is 36.3 Å². The molecule has 2 aromatic heterocycles. The molecule has 1 aliphatic heterocycles. The van der Waals surface area contributed by atoms with E-state index >= 15 is 0 Å². The summed E-state index contributed by atoms with van der Waals surface area (Å²) in [7, 11) is -13.4. The number of aliphatic hydroxyl groups is 2. The van der Waals surface area contributed by atoms with Crippen molar-refractivity contribution in [2.75, 3.05) is 52.0 Å². The van der Waals surface area contributed by atoms with Crippen LogP contribution in [0.5, 0.6) is 11.5 Å². The van der Waals surface area contributed by atoms with Gasteiger partial charge in [-0.25, -0.2) is 28.6 Å². The summed E-state index contributed by atoms with van der Waals surface area (Å²) >= 11 is 0.964. The number of nitrogen functional groups attached to an aromatic ring is 1. The number of nitrogens with zero attached hydrogens (tertiary/aromatic N) is 4. The summed E-state index contributed by atoms with van der Waals surface area (Å²) in [6.45, 7) is 0.346. The van der Waals surface area contributed by atoms with Gasteiger partial charge in [0.15, 0.2) is 29.2 Å². The number of nitrogens with two attached hydrogens (primary N) is 1. The van der Waals surface area contributed by atoms with Crippen molar-refractivity contribution >= 4 is 75.2 Å². The van der Waals surface area contributed by atoms with E-state index < -0.39 is 84.6 Å². The minimum atomic E-state index is -5.59. The molecule has 4 rings (SSSR count). The number of rotatable bonds is 23. The third-order valence-electron chi connectivity index (χ3n) is 8.57. The number of ether oxygens (including phenoxy) is 3. The second kappa shape index (κ2) is 21.7. The first-order valence-corrected chi connectivity index (χ1v) is 23.4. The molecule has 2 unspecified atom stereocenters. The van der Waals surface area contributed by atoms with E-state index in [4.69, 9.17) is 29.0 Å². The molecule has 0 radical (unpaired) electrons. The summed E-state index contributed by atoms with van der Waals surface area (Å²) in [6, 6.07) is 5.15. The Morgan fingerprint density at radius 1 is 1.02 bits per heavy atom. The third-order valence-corrected chi connectivity index (χ3v) is 12.5. The van der Waals surface area contributed by atoms with E-state index in [0.29, 0.717) is 17.1 Å². The number of thioether (sulfide) groups is 1. The average Bonchev–Trinajstić information content (AvgIpc) is 3.76. The van der Waals surface area contributed by atoms with Gasteiger partial charge in [0.2, 0.25) is 16.9 Å². The zero-order valence-electron chi connectivity index (χ0n) is 33.3. The number of fused-ring (bicyclic) bond motifs is 1. The minimum Gasteiger partial charge on any atom is -0.493 e. The lowest BCUT2D eigenvalue weighted by Gasteiger charge is -2.30. The molecule has 26 nitrogen and oxygen atoms in total. The highest BCUT2D eigenvalue weighted by Gasteiger charge is 2.50. The number of aromatic nitrogens is 4. The maximum atomic E-state index is 12.7. The molecule has 2 amide bonds. The molecule has 0 aliphatic carbocycles. The lowest BCUT2D eigenvalue weighted by molar-refractivity contribution is -0.137. The molecule has 344 valence electrons. The number of imidazole rings is 1. The maximum Gasteiger partial charge on any atom is 0.481 e. The number of carbonyl (C=O) groups is 3. The Balaban J connectivity index is 1.19. The number of hydrogen-bond donors (Lipinski definition) is 9. The standard InChI is InChI=1S/C32H46N7O19P3S/c1-32(2,27(43)30(44)35-10-9-22(40)34-11-12-62-23(41)8-6-18-5-7-19(52-3)20(13-18)53-4)15-55-61(50,51)58-60(48,49)54-14-21-26(57-59(45,46)47)25(42)31(56-21)39-17-38-24-28(33)36-16-37-29(24)39/h5-8,13,16-17,21,25-27,31,42-43H,9-12,14-15H2,1-4H3,(H,34,40)(H,35,44)(H,48,49)(H,50,51)(H2,33,36,37)(H2,45,46,47)/t21-,25-,26-,27+,31-/m1/s1. The zero-order chi connectivity index (χ0) is 46.0. The smallest absolute Gasteiger partial charge is 0.481 e. The van der Waals surface area contributed by atoms with E-state index in [-0.39, 0.29) is 47.4 Å². The summed E-state index contributed by atoms with van der Waals surface area (Å²) < 4.78 is 72.7. The van der Waals surface area contributed by atoms with Crippen LogP contribution in [0.1, 0.15) is 32.1 Å². The lowest BCUT2D eigenvalue weighted by Crippen LogP contribution is -2.46. The van der Waals surface area contributed by atoms with Gasteiger partial charge in [0, 0.05) is 30.7 Å². The number of amides is 2. The van der Waals surface area contributed by atoms with Crippen molar-refractivity contribution in [1.29, 1.82) is 0 Å². The van der Waals surface area contributed by atoms with Crippen LogP contribution in [-0.2, 0) is 50.7 Å². The molecule has 1 fully saturated rings. The predicted octanol–water partition coefficient (Wildman–Crippen LogP) is 0.395. The van der Waals surface area contributed by atoms with Crippen LogP contribution < -0.4 is 25.8 Å². The first-order valence-electron chi connectivity index (χ1n) is 17.9. The number of phosphoric acid groups is 3. The molecule has 1 aromatic carbocycles. The van der Waals surface area contributed by atoms with E-state index in [9.17, 15) is 57.9 Å². The molecule has 7 atom stereocenters. The third kappa shape index (κ3) is 14.6. The van der Waals surface area contributed by atoms with Crippen molar-refractivity contribution in [2.24, 2.45) is 5.41 Å². The van der Waals surface area contributed by atoms with Crippen molar-refractivity contribution < 1.29 is 90.0 Å². The van der Waals surface area contributed by atoms with E-state index in [1.54, 1.807) is 24.3 Å². The summed E-state index contributed by atoms with van der Waals surface area (Å²) in [5, 5.41) is 26.2. The van der Waals surface area contributed by atoms with Gasteiger partial charge < -0.3 is 60.4 Å². The van der Waals surface area contributed by atoms with Crippen LogP contribution in [0, 0.1) is 5.41 Å². The molecule has 1 saturated heterocycles. The second-order valence-electron chi connectivity index (χ2n) is 13.7. The fourth-order valence-corrected chi connectivity index (χ4v) is 8.85. The molecular weight excluding hydrogens is 911 g/mol. The van der Waals surface area contributed by atoms with Crippen molar-refractivity contribution in [1.82, 2.24) is 30.2 Å². The number of nitrogens with one attached hydrogen (secondary N) is 2. The Morgan fingerprint density at radius 2 is 1.71 bits per heavy atom. The van der Waals surface area contributed by atoms with Gasteiger partial charge in [-0.15, -0.1) is 0 Å². The van der Waals surface area contributed by atoms with Crippen LogP contribution in [0.4, 0.5) is 5.82 Å². The van der Waals surface area contributed by atoms with Crippen LogP contribution in [0.15, 0.2) is 36.9 Å². The molecule has 3 aromatic rings. The minimum absolute atomic E-state index is 0.0246. The summed E-state index contributed by atoms with van der Waals surface area (Å²) in [4.78, 5) is 88.1. The van der Waals surface area contributed by atoms with Crippen LogP contribution in [-0.4, -0.2) is 137 Å². The summed E-state index contributed by atoms with van der Waals surface area (Å²) in [6.07, 6.45) is -4.05. The number of aliphatic hydroxyl groups excluding tert-OH is 2. The first-order chi connectivity index (χ1) is 29.0. The Kier molecular flexibility index (Phi) is 17.7. The fourth-order valence-electron chi connectivity index (χ4n) is 5.45. The van der Waals surface area contributed by atoms with Gasteiger partial charge in [-0.3, -0.25) is 32.5 Å². The Labute approximate surface area is 356 Å². The highest BCUT2D eigenvalue weighted by molar-refractivity contribution is 8.14. The predicted molar refractivity (Wildman–Crippen MR) is 216 cm³/mol. The molecule has 0 bridgehead atoms. The van der Waals surface area contributed by atoms with Crippen LogP contribution in [0.25, 0.3) is 17.2 Å². The van der Waals surface area contributed by atoms with Gasteiger partial charge in [-0.05, 0) is 23.8 Å². The van der Waals surface area contributed by atoms with Crippen molar-refractivity contribution in [3.05, 3.63) is 42.5 Å². The number of anilines is 1. The van der Waals surface area contributed by atoms with Gasteiger partial charge in [0.25, 0.3) is 0 Å². The maximum absolute atomic E-state index is 12.7. The molecule has 1 aliphatic rings. The van der Waals surface area contributed by atoms with Crippen molar-refractivity contribution in [2.45, 2.75) is 50.9 Å². The second-order valence-corrected chi connectivity index (χ2v) is 19.0. The van der Waals surface area contributed by atoms with Gasteiger partial charge in [-0.2, -0.15) is 4.31 Å². The largest absolute Gasteiger partial charge is 0.493 e. The lowest BCUT2D eigenvalue weighted by atomic mass is 9.87. The Morgan fingerprint density at radius 3 is 2.39 bits per heavy atom. The molecule has 3 heterocycles. The molecule has 30 heteroatoms. The molecule has 0 spiro atoms. The highest BCUT2D eigenvalue weighted by Crippen LogP contribution is 2.61. The number of benzene rings is 1. The monoisotopic (exact) mass is 957 g/mol. The van der Waals surface area contributed by atoms with Crippen LogP contribution in [0.3, 0.4) is 0 Å². The molecule has 0 saturated carbocycles. The summed E-state index contributed by atoms with van der Waals surface area (Å²) in [5.41, 5.74) is 4.94. The number of hydrogen-bond acceptors (Lipinski definition) is 20. The molecule has 62 heavy (non-hydrogen) atoms. The topological polar surface area (TPSA) is 382 Å². The normalized spacial score (nSPS) is 20.7. The quantitative estimate of drug-likeness (QED) is 0.0353.